The number of nitrogens with one attached hydrogen (secondary N) is 2. The molecule has 0 saturated carbocycles. The van der Waals surface area contributed by atoms with Crippen LogP contribution in [0.2, 0.25) is 0 Å². The van der Waals surface area contributed by atoms with Crippen LogP contribution in [0, 0.1) is 6.92 Å². The highest BCUT2D eigenvalue weighted by atomic mass is 79.9. The Morgan fingerprint density at radius 2 is 1.85 bits per heavy atom. The third-order valence-electron chi connectivity index (χ3n) is 6.07. The molecular formula is C24H32BrN7S. The lowest BCUT2D eigenvalue weighted by molar-refractivity contribution is 0.173. The summed E-state index contributed by atoms with van der Waals surface area (Å²) in [7, 11) is 0. The van der Waals surface area contributed by atoms with Gasteiger partial charge in [0.2, 0.25) is 11.9 Å². The molecule has 4 rings (SSSR count). The number of hydrogen-bond acceptors (Lipinski definition) is 7. The van der Waals surface area contributed by atoms with Gasteiger partial charge in [-0.05, 0) is 68.0 Å². The molecule has 1 fully saturated rings. The van der Waals surface area contributed by atoms with E-state index in [2.05, 4.69) is 101 Å². The van der Waals surface area contributed by atoms with E-state index in [1.807, 2.05) is 0 Å². The van der Waals surface area contributed by atoms with Crippen molar-refractivity contribution in [1.29, 1.82) is 0 Å². The lowest BCUT2D eigenvalue weighted by atomic mass is 10.0. The number of nitrogen functional groups attached to an aromatic ring is 1. The molecule has 0 bridgehead atoms. The van der Waals surface area contributed by atoms with Gasteiger partial charge in [0.15, 0.2) is 0 Å². The topological polar surface area (TPSA) is 86.1 Å². The van der Waals surface area contributed by atoms with Gasteiger partial charge in [-0.2, -0.15) is 4.98 Å². The maximum atomic E-state index is 5.71. The Morgan fingerprint density at radius 3 is 2.52 bits per heavy atom. The van der Waals surface area contributed by atoms with Gasteiger partial charge in [-0.15, -0.1) is 5.10 Å². The van der Waals surface area contributed by atoms with Crippen molar-refractivity contribution in [1.82, 2.24) is 24.8 Å². The number of aryl methyl sites for hydroxylation is 1. The van der Waals surface area contributed by atoms with Crippen LogP contribution >= 0.6 is 27.9 Å². The van der Waals surface area contributed by atoms with E-state index in [0.717, 1.165) is 56.5 Å². The number of halogens is 1. The van der Waals surface area contributed by atoms with Crippen LogP contribution in [0.15, 0.2) is 57.9 Å². The predicted molar refractivity (Wildman–Crippen MR) is 140 cm³/mol. The molecule has 7 nitrogen and oxygen atoms in total. The third kappa shape index (κ3) is 7.20. The van der Waals surface area contributed by atoms with E-state index in [0.29, 0.717) is 17.9 Å². The molecule has 0 atom stereocenters. The third-order valence-corrected chi connectivity index (χ3v) is 7.45. The lowest BCUT2D eigenvalue weighted by Crippen LogP contribution is -2.47. The summed E-state index contributed by atoms with van der Waals surface area (Å²) < 4.78 is 4.68. The van der Waals surface area contributed by atoms with Gasteiger partial charge in [-0.1, -0.05) is 45.8 Å². The van der Waals surface area contributed by atoms with Crippen molar-refractivity contribution in [2.75, 3.05) is 43.4 Å². The molecule has 33 heavy (non-hydrogen) atoms. The van der Waals surface area contributed by atoms with E-state index in [9.17, 15) is 0 Å². The van der Waals surface area contributed by atoms with Gasteiger partial charge in [-0.3, -0.25) is 9.62 Å². The number of aromatic nitrogens is 3. The number of benzene rings is 2. The molecule has 1 saturated heterocycles. The van der Waals surface area contributed by atoms with Gasteiger partial charge in [-0.25, -0.2) is 5.10 Å². The lowest BCUT2D eigenvalue weighted by Gasteiger charge is -2.38. The van der Waals surface area contributed by atoms with Gasteiger partial charge in [0.1, 0.15) is 0 Å². The number of nitrogens with two attached hydrogens (primary N) is 1. The van der Waals surface area contributed by atoms with Gasteiger partial charge in [0, 0.05) is 48.1 Å². The summed E-state index contributed by atoms with van der Waals surface area (Å²) in [5.41, 5.74) is 8.37. The number of aromatic amines is 1. The van der Waals surface area contributed by atoms with Gasteiger partial charge in [0.25, 0.3) is 0 Å². The van der Waals surface area contributed by atoms with Crippen molar-refractivity contribution in [2.24, 2.45) is 0 Å². The van der Waals surface area contributed by atoms with Crippen LogP contribution < -0.4 is 15.4 Å². The second kappa shape index (κ2) is 11.9. The molecule has 1 aromatic heterocycles. The standard InChI is InChI=1S/C24H32BrN7S/c1-18-2-8-22(9-3-18)33-27-13-17-31(14-10-19-4-6-20(25)7-5-19)21-11-15-32(16-12-21)24-28-23(26)29-30-24/h2-9,21,27H,10-17H2,1H3,(H3,26,28,29,30). The van der Waals surface area contributed by atoms with Crippen molar-refractivity contribution in [3.05, 3.63) is 64.1 Å². The molecule has 0 radical (unpaired) electrons. The van der Waals surface area contributed by atoms with Crippen LogP contribution in [0.4, 0.5) is 11.9 Å². The largest absolute Gasteiger partial charge is 0.368 e. The summed E-state index contributed by atoms with van der Waals surface area (Å²) in [5.74, 6) is 1.09. The Hall–Kier alpha value is -2.07. The van der Waals surface area contributed by atoms with Crippen molar-refractivity contribution in [3.63, 3.8) is 0 Å². The molecule has 176 valence electrons. The zero-order valence-electron chi connectivity index (χ0n) is 19.0. The van der Waals surface area contributed by atoms with E-state index < -0.39 is 0 Å². The second-order valence-electron chi connectivity index (χ2n) is 8.46. The maximum absolute atomic E-state index is 5.71. The normalized spacial score (nSPS) is 14.8. The fraction of sp³-hybridized carbons (Fsp3) is 0.417. The highest BCUT2D eigenvalue weighted by Gasteiger charge is 2.26. The molecule has 3 aromatic rings. The monoisotopic (exact) mass is 529 g/mol. The van der Waals surface area contributed by atoms with E-state index in [-0.39, 0.29) is 0 Å². The van der Waals surface area contributed by atoms with Crippen LogP contribution in [0.5, 0.6) is 0 Å². The molecule has 4 N–H and O–H groups in total. The van der Waals surface area contributed by atoms with Crippen LogP contribution in [0.25, 0.3) is 0 Å². The molecule has 0 spiro atoms. The number of rotatable bonds is 10. The van der Waals surface area contributed by atoms with Crippen molar-refractivity contribution >= 4 is 39.8 Å². The average Bonchev–Trinajstić information content (AvgIpc) is 3.27. The molecule has 1 aliphatic rings. The summed E-state index contributed by atoms with van der Waals surface area (Å²) in [6, 6.07) is 17.9. The highest BCUT2D eigenvalue weighted by Crippen LogP contribution is 2.21. The quantitative estimate of drug-likeness (QED) is 0.267. The summed E-state index contributed by atoms with van der Waals surface area (Å²) in [6.07, 6.45) is 3.25. The Bertz CT molecular complexity index is 985. The Kier molecular flexibility index (Phi) is 8.66. The van der Waals surface area contributed by atoms with E-state index >= 15 is 0 Å². The minimum atomic E-state index is 0.375. The zero-order chi connectivity index (χ0) is 23.0. The molecular weight excluding hydrogens is 498 g/mol. The second-order valence-corrected chi connectivity index (χ2v) is 10.3. The summed E-state index contributed by atoms with van der Waals surface area (Å²) in [6.45, 7) is 7.03. The van der Waals surface area contributed by atoms with Gasteiger partial charge >= 0.3 is 0 Å². The smallest absolute Gasteiger partial charge is 0.246 e. The molecule has 0 aliphatic carbocycles. The van der Waals surface area contributed by atoms with E-state index in [4.69, 9.17) is 5.73 Å². The van der Waals surface area contributed by atoms with Gasteiger partial charge in [0.05, 0.1) is 0 Å². The molecule has 0 unspecified atom stereocenters. The highest BCUT2D eigenvalue weighted by molar-refractivity contribution is 9.10. The number of piperidine rings is 1. The van der Waals surface area contributed by atoms with E-state index in [1.165, 1.54) is 16.0 Å². The first kappa shape index (κ1) is 24.1. The summed E-state index contributed by atoms with van der Waals surface area (Å²) in [4.78, 5) is 10.4. The number of hydrogen-bond donors (Lipinski definition) is 3. The molecule has 0 amide bonds. The first-order valence-corrected chi connectivity index (χ1v) is 13.1. The minimum absolute atomic E-state index is 0.375. The van der Waals surface area contributed by atoms with Crippen LogP contribution in [0.3, 0.4) is 0 Å². The van der Waals surface area contributed by atoms with Crippen LogP contribution in [-0.4, -0.2) is 58.8 Å². The summed E-state index contributed by atoms with van der Waals surface area (Å²) >= 11 is 5.25. The van der Waals surface area contributed by atoms with Crippen LogP contribution in [-0.2, 0) is 6.42 Å². The molecule has 2 heterocycles. The Balaban J connectivity index is 1.31. The molecule has 1 aliphatic heterocycles. The fourth-order valence-corrected chi connectivity index (χ4v) is 5.06. The number of nitrogens with zero attached hydrogens (tertiary/aromatic N) is 4. The maximum Gasteiger partial charge on any atom is 0.246 e. The fourth-order valence-electron chi connectivity index (χ4n) is 4.17. The number of H-pyrrole nitrogens is 1. The first-order chi connectivity index (χ1) is 16.1. The average molecular weight is 531 g/mol. The summed E-state index contributed by atoms with van der Waals surface area (Å²) in [5, 5.41) is 6.97. The molecule has 2 aromatic carbocycles. The van der Waals surface area contributed by atoms with Gasteiger partial charge < -0.3 is 10.6 Å². The zero-order valence-corrected chi connectivity index (χ0v) is 21.4. The van der Waals surface area contributed by atoms with Crippen LogP contribution in [0.1, 0.15) is 24.0 Å². The van der Waals surface area contributed by atoms with Crippen molar-refractivity contribution < 1.29 is 0 Å². The predicted octanol–water partition coefficient (Wildman–Crippen LogP) is 4.27. The number of anilines is 2. The Labute approximate surface area is 208 Å². The van der Waals surface area contributed by atoms with Crippen molar-refractivity contribution in [2.45, 2.75) is 37.1 Å². The van der Waals surface area contributed by atoms with E-state index in [1.54, 1.807) is 11.9 Å². The first-order valence-electron chi connectivity index (χ1n) is 11.4. The molecule has 9 heteroatoms. The van der Waals surface area contributed by atoms with Crippen molar-refractivity contribution in [3.8, 4) is 0 Å². The SMILES string of the molecule is Cc1ccc(SNCCN(CCc2ccc(Br)cc2)C2CCN(c3n[nH]c(N)n3)CC2)cc1. The minimum Gasteiger partial charge on any atom is -0.368 e. The Morgan fingerprint density at radius 1 is 1.12 bits per heavy atom.